The number of aromatic nitrogens is 2. The van der Waals surface area contributed by atoms with Crippen LogP contribution in [0, 0.1) is 18.3 Å². The van der Waals surface area contributed by atoms with Gasteiger partial charge in [-0.05, 0) is 25.1 Å². The van der Waals surface area contributed by atoms with E-state index in [1.54, 1.807) is 0 Å². The second kappa shape index (κ2) is 6.59. The maximum Gasteiger partial charge on any atom is 0.416 e. The molecule has 0 bridgehead atoms. The summed E-state index contributed by atoms with van der Waals surface area (Å²) in [5, 5.41) is 9.23. The molecule has 8 heteroatoms. The van der Waals surface area contributed by atoms with Gasteiger partial charge in [0.05, 0.1) is 16.8 Å². The van der Waals surface area contributed by atoms with Crippen molar-refractivity contribution in [3.8, 4) is 6.07 Å². The van der Waals surface area contributed by atoms with Crippen LogP contribution in [0.5, 0.6) is 0 Å². The van der Waals surface area contributed by atoms with Gasteiger partial charge in [0, 0.05) is 37.9 Å². The van der Waals surface area contributed by atoms with Gasteiger partial charge in [0.1, 0.15) is 18.2 Å². The molecule has 1 aromatic heterocycles. The van der Waals surface area contributed by atoms with Crippen LogP contribution in [0.3, 0.4) is 0 Å². The summed E-state index contributed by atoms with van der Waals surface area (Å²) in [6, 6.07) is 7.09. The van der Waals surface area contributed by atoms with Crippen LogP contribution in [0.4, 0.5) is 24.7 Å². The molecule has 2 aromatic rings. The minimum atomic E-state index is -4.45. The highest BCUT2D eigenvalue weighted by molar-refractivity contribution is 5.61. The van der Waals surface area contributed by atoms with E-state index in [0.717, 1.165) is 23.6 Å². The number of nitriles is 1. The summed E-state index contributed by atoms with van der Waals surface area (Å²) in [4.78, 5) is 12.4. The van der Waals surface area contributed by atoms with Crippen LogP contribution in [0.25, 0.3) is 0 Å². The molecule has 0 unspecified atom stereocenters. The lowest BCUT2D eigenvalue weighted by Crippen LogP contribution is -2.47. The van der Waals surface area contributed by atoms with Gasteiger partial charge in [-0.15, -0.1) is 0 Å². The van der Waals surface area contributed by atoms with E-state index >= 15 is 0 Å². The number of halogens is 3. The highest BCUT2D eigenvalue weighted by Crippen LogP contribution is 2.33. The van der Waals surface area contributed by atoms with Crippen LogP contribution in [-0.4, -0.2) is 36.1 Å². The fourth-order valence-corrected chi connectivity index (χ4v) is 2.87. The van der Waals surface area contributed by atoms with Gasteiger partial charge in [0.15, 0.2) is 0 Å². The number of anilines is 2. The van der Waals surface area contributed by atoms with Crippen LogP contribution in [0.1, 0.15) is 16.8 Å². The van der Waals surface area contributed by atoms with E-state index in [1.165, 1.54) is 12.4 Å². The highest BCUT2D eigenvalue weighted by Gasteiger charge is 2.31. The lowest BCUT2D eigenvalue weighted by molar-refractivity contribution is -0.137. The first kappa shape index (κ1) is 17.0. The summed E-state index contributed by atoms with van der Waals surface area (Å²) in [6.07, 6.45) is -2.94. The van der Waals surface area contributed by atoms with E-state index in [1.807, 2.05) is 24.0 Å². The molecule has 1 saturated heterocycles. The zero-order valence-corrected chi connectivity index (χ0v) is 13.6. The molecule has 1 fully saturated rings. The van der Waals surface area contributed by atoms with E-state index in [4.69, 9.17) is 0 Å². The third-order valence-electron chi connectivity index (χ3n) is 4.18. The van der Waals surface area contributed by atoms with Gasteiger partial charge in [-0.1, -0.05) is 0 Å². The largest absolute Gasteiger partial charge is 0.416 e. The number of hydrogen-bond acceptors (Lipinski definition) is 5. The van der Waals surface area contributed by atoms with Crippen molar-refractivity contribution in [3.05, 3.63) is 47.4 Å². The van der Waals surface area contributed by atoms with Crippen LogP contribution in [0.2, 0.25) is 0 Å². The Morgan fingerprint density at radius 2 is 1.72 bits per heavy atom. The van der Waals surface area contributed by atoms with Crippen molar-refractivity contribution in [2.75, 3.05) is 36.0 Å². The van der Waals surface area contributed by atoms with Gasteiger partial charge in [0.25, 0.3) is 0 Å². The fourth-order valence-electron chi connectivity index (χ4n) is 2.87. The van der Waals surface area contributed by atoms with Crippen molar-refractivity contribution in [1.82, 2.24) is 9.97 Å². The third-order valence-corrected chi connectivity index (χ3v) is 4.18. The van der Waals surface area contributed by atoms with Gasteiger partial charge >= 0.3 is 6.18 Å². The van der Waals surface area contributed by atoms with Crippen LogP contribution in [-0.2, 0) is 6.18 Å². The standard InChI is InChI=1S/C17H16F3N5/c1-12-8-16(23-11-22-12)25-6-4-24(5-7-25)15-3-2-14(17(18,19)20)9-13(15)10-21/h2-3,8-9,11H,4-7H2,1H3. The van der Waals surface area contributed by atoms with Crippen molar-refractivity contribution < 1.29 is 13.2 Å². The topological polar surface area (TPSA) is 56.0 Å². The van der Waals surface area contributed by atoms with Crippen molar-refractivity contribution >= 4 is 11.5 Å². The second-order valence-corrected chi connectivity index (χ2v) is 5.83. The van der Waals surface area contributed by atoms with E-state index in [-0.39, 0.29) is 5.56 Å². The van der Waals surface area contributed by atoms with Crippen molar-refractivity contribution in [2.45, 2.75) is 13.1 Å². The Morgan fingerprint density at radius 3 is 2.32 bits per heavy atom. The molecule has 1 aromatic carbocycles. The SMILES string of the molecule is Cc1cc(N2CCN(c3ccc(C(F)(F)F)cc3C#N)CC2)ncn1. The predicted octanol–water partition coefficient (Wildman–Crippen LogP) is 3.00. The Kier molecular flexibility index (Phi) is 4.49. The number of alkyl halides is 3. The van der Waals surface area contributed by atoms with Crippen LogP contribution in [0.15, 0.2) is 30.6 Å². The Morgan fingerprint density at radius 1 is 1.04 bits per heavy atom. The van der Waals surface area contributed by atoms with Gasteiger partial charge in [-0.25, -0.2) is 9.97 Å². The van der Waals surface area contributed by atoms with Crippen LogP contribution < -0.4 is 9.80 Å². The Hall–Kier alpha value is -2.82. The molecule has 5 nitrogen and oxygen atoms in total. The molecule has 2 heterocycles. The lowest BCUT2D eigenvalue weighted by atomic mass is 10.1. The molecular weight excluding hydrogens is 331 g/mol. The van der Waals surface area contributed by atoms with Crippen molar-refractivity contribution in [3.63, 3.8) is 0 Å². The smallest absolute Gasteiger partial charge is 0.367 e. The first-order chi connectivity index (χ1) is 11.9. The number of piperazine rings is 1. The molecule has 0 N–H and O–H groups in total. The van der Waals surface area contributed by atoms with E-state index in [0.29, 0.717) is 31.9 Å². The summed E-state index contributed by atoms with van der Waals surface area (Å²) in [6.45, 7) is 4.43. The van der Waals surface area contributed by atoms with Gasteiger partial charge in [-0.2, -0.15) is 18.4 Å². The average molecular weight is 347 g/mol. The molecule has 0 saturated carbocycles. The van der Waals surface area contributed by atoms with Gasteiger partial charge in [-0.3, -0.25) is 0 Å². The number of rotatable bonds is 2. The van der Waals surface area contributed by atoms with Gasteiger partial charge < -0.3 is 9.80 Å². The average Bonchev–Trinajstić information content (AvgIpc) is 2.60. The first-order valence-corrected chi connectivity index (χ1v) is 7.78. The summed E-state index contributed by atoms with van der Waals surface area (Å²) in [5.74, 6) is 0.833. The number of hydrogen-bond donors (Lipinski definition) is 0. The molecule has 0 amide bonds. The normalized spacial score (nSPS) is 15.2. The zero-order chi connectivity index (χ0) is 18.0. The molecule has 25 heavy (non-hydrogen) atoms. The Bertz CT molecular complexity index is 805. The quantitative estimate of drug-likeness (QED) is 0.836. The first-order valence-electron chi connectivity index (χ1n) is 7.78. The van der Waals surface area contributed by atoms with E-state index in [9.17, 15) is 18.4 Å². The third kappa shape index (κ3) is 3.65. The molecule has 0 atom stereocenters. The maximum atomic E-state index is 12.8. The lowest BCUT2D eigenvalue weighted by Gasteiger charge is -2.37. The van der Waals surface area contributed by atoms with Crippen molar-refractivity contribution in [2.24, 2.45) is 0 Å². The molecule has 1 aliphatic heterocycles. The number of nitrogens with zero attached hydrogens (tertiary/aromatic N) is 5. The highest BCUT2D eigenvalue weighted by atomic mass is 19.4. The molecule has 130 valence electrons. The van der Waals surface area contributed by atoms with Crippen molar-refractivity contribution in [1.29, 1.82) is 5.26 Å². The number of aryl methyl sites for hydroxylation is 1. The molecule has 0 aliphatic carbocycles. The van der Waals surface area contributed by atoms with Gasteiger partial charge in [0.2, 0.25) is 0 Å². The Balaban J connectivity index is 1.76. The number of benzene rings is 1. The minimum absolute atomic E-state index is 0.0427. The molecule has 1 aliphatic rings. The summed E-state index contributed by atoms with van der Waals surface area (Å²) >= 11 is 0. The second-order valence-electron chi connectivity index (χ2n) is 5.83. The predicted molar refractivity (Wildman–Crippen MR) is 87.4 cm³/mol. The summed E-state index contributed by atoms with van der Waals surface area (Å²) in [7, 11) is 0. The summed E-state index contributed by atoms with van der Waals surface area (Å²) in [5.41, 5.74) is 0.653. The molecule has 3 rings (SSSR count). The Labute approximate surface area is 143 Å². The maximum absolute atomic E-state index is 12.8. The fraction of sp³-hybridized carbons (Fsp3) is 0.353. The van der Waals surface area contributed by atoms with E-state index in [2.05, 4.69) is 14.9 Å². The minimum Gasteiger partial charge on any atom is -0.367 e. The summed E-state index contributed by atoms with van der Waals surface area (Å²) < 4.78 is 38.4. The molecule has 0 spiro atoms. The van der Waals surface area contributed by atoms with Crippen LogP contribution >= 0.6 is 0 Å². The molecular formula is C17H16F3N5. The molecule has 0 radical (unpaired) electrons. The zero-order valence-electron chi connectivity index (χ0n) is 13.6. The van der Waals surface area contributed by atoms with E-state index < -0.39 is 11.7 Å². The monoisotopic (exact) mass is 347 g/mol.